The van der Waals surface area contributed by atoms with Crippen molar-refractivity contribution < 1.29 is 4.74 Å². The highest BCUT2D eigenvalue weighted by molar-refractivity contribution is 6.29. The van der Waals surface area contributed by atoms with Crippen molar-refractivity contribution in [3.63, 3.8) is 0 Å². The van der Waals surface area contributed by atoms with Crippen molar-refractivity contribution in [1.29, 1.82) is 0 Å². The van der Waals surface area contributed by atoms with Crippen LogP contribution in [-0.2, 0) is 0 Å². The summed E-state index contributed by atoms with van der Waals surface area (Å²) in [6, 6.07) is 0. The van der Waals surface area contributed by atoms with Gasteiger partial charge in [0.1, 0.15) is 6.10 Å². The fraction of sp³-hybridized carbons (Fsp3) is 0.500. The summed E-state index contributed by atoms with van der Waals surface area (Å²) < 4.78 is 5.54. The molecule has 0 aromatic carbocycles. The van der Waals surface area contributed by atoms with Crippen molar-refractivity contribution in [2.45, 2.75) is 12.5 Å². The molecule has 2 heterocycles. The molecule has 1 saturated heterocycles. The predicted octanol–water partition coefficient (Wildman–Crippen LogP) is 0.871. The van der Waals surface area contributed by atoms with Gasteiger partial charge in [0, 0.05) is 6.54 Å². The molecule has 0 bridgehead atoms. The zero-order valence-corrected chi connectivity index (χ0v) is 7.79. The van der Waals surface area contributed by atoms with Crippen molar-refractivity contribution in [3.8, 4) is 5.88 Å². The standard InChI is InChI=1S/C8H10ClN3O/c9-7-4-11-5-8(12-7)13-6-1-2-10-3-6/h4-6,10H,1-3H2. The van der Waals surface area contributed by atoms with Gasteiger partial charge in [-0.2, -0.15) is 4.98 Å². The van der Waals surface area contributed by atoms with Gasteiger partial charge in [0.15, 0.2) is 5.15 Å². The van der Waals surface area contributed by atoms with Crippen molar-refractivity contribution in [2.24, 2.45) is 0 Å². The number of ether oxygens (including phenoxy) is 1. The molecule has 1 aliphatic heterocycles. The van der Waals surface area contributed by atoms with E-state index in [9.17, 15) is 0 Å². The largest absolute Gasteiger partial charge is 0.472 e. The number of halogens is 1. The average Bonchev–Trinajstić information content (AvgIpc) is 2.57. The van der Waals surface area contributed by atoms with Crippen LogP contribution in [0.4, 0.5) is 0 Å². The summed E-state index contributed by atoms with van der Waals surface area (Å²) in [5.41, 5.74) is 0. The van der Waals surface area contributed by atoms with Crippen LogP contribution < -0.4 is 10.1 Å². The number of nitrogens with one attached hydrogen (secondary N) is 1. The van der Waals surface area contributed by atoms with E-state index in [-0.39, 0.29) is 6.10 Å². The molecule has 4 nitrogen and oxygen atoms in total. The Morgan fingerprint density at radius 3 is 3.15 bits per heavy atom. The molecular formula is C8H10ClN3O. The molecule has 2 rings (SSSR count). The number of aromatic nitrogens is 2. The van der Waals surface area contributed by atoms with E-state index in [1.165, 1.54) is 6.20 Å². The van der Waals surface area contributed by atoms with E-state index in [2.05, 4.69) is 15.3 Å². The van der Waals surface area contributed by atoms with Crippen molar-refractivity contribution in [1.82, 2.24) is 15.3 Å². The number of hydrogen-bond donors (Lipinski definition) is 1. The summed E-state index contributed by atoms with van der Waals surface area (Å²) in [4.78, 5) is 7.88. The first-order valence-electron chi connectivity index (χ1n) is 4.19. The Morgan fingerprint density at radius 1 is 1.54 bits per heavy atom. The quantitative estimate of drug-likeness (QED) is 0.768. The molecule has 0 aliphatic carbocycles. The second kappa shape index (κ2) is 3.89. The molecular weight excluding hydrogens is 190 g/mol. The van der Waals surface area contributed by atoms with E-state index >= 15 is 0 Å². The highest BCUT2D eigenvalue weighted by Crippen LogP contribution is 2.13. The van der Waals surface area contributed by atoms with E-state index in [1.807, 2.05) is 0 Å². The van der Waals surface area contributed by atoms with Gasteiger partial charge in [0.25, 0.3) is 0 Å². The van der Waals surface area contributed by atoms with Crippen LogP contribution in [0, 0.1) is 0 Å². The molecule has 70 valence electrons. The highest BCUT2D eigenvalue weighted by atomic mass is 35.5. The lowest BCUT2D eigenvalue weighted by atomic mass is 10.3. The molecule has 5 heteroatoms. The lowest BCUT2D eigenvalue weighted by molar-refractivity contribution is 0.213. The molecule has 1 unspecified atom stereocenters. The molecule has 0 amide bonds. The third-order valence-electron chi connectivity index (χ3n) is 1.89. The first kappa shape index (κ1) is 8.72. The molecule has 0 spiro atoms. The van der Waals surface area contributed by atoms with Crippen molar-refractivity contribution in [3.05, 3.63) is 17.5 Å². The highest BCUT2D eigenvalue weighted by Gasteiger charge is 2.16. The van der Waals surface area contributed by atoms with E-state index < -0.39 is 0 Å². The monoisotopic (exact) mass is 199 g/mol. The lowest BCUT2D eigenvalue weighted by Crippen LogP contribution is -2.20. The summed E-state index contributed by atoms with van der Waals surface area (Å²) in [6.45, 7) is 1.87. The first-order chi connectivity index (χ1) is 6.34. The maximum atomic E-state index is 5.66. The fourth-order valence-electron chi connectivity index (χ4n) is 1.28. The SMILES string of the molecule is Clc1cncc(OC2CCNC2)n1. The van der Waals surface area contributed by atoms with Crippen molar-refractivity contribution in [2.75, 3.05) is 13.1 Å². The molecule has 1 aromatic rings. The van der Waals surface area contributed by atoms with Gasteiger partial charge >= 0.3 is 0 Å². The fourth-order valence-corrected chi connectivity index (χ4v) is 1.42. The van der Waals surface area contributed by atoms with Crippen molar-refractivity contribution >= 4 is 11.6 Å². The van der Waals surface area contributed by atoms with Crippen LogP contribution in [0.15, 0.2) is 12.4 Å². The Bertz CT molecular complexity index is 288. The van der Waals surface area contributed by atoms with Gasteiger partial charge in [-0.15, -0.1) is 0 Å². The van der Waals surface area contributed by atoms with Gasteiger partial charge in [-0.05, 0) is 13.0 Å². The smallest absolute Gasteiger partial charge is 0.234 e. The summed E-state index contributed by atoms with van der Waals surface area (Å²) >= 11 is 5.66. The van der Waals surface area contributed by atoms with Gasteiger partial charge < -0.3 is 10.1 Å². The molecule has 1 N–H and O–H groups in total. The molecule has 1 atom stereocenters. The summed E-state index contributed by atoms with van der Waals surface area (Å²) in [5, 5.41) is 3.57. The second-order valence-electron chi connectivity index (χ2n) is 2.91. The van der Waals surface area contributed by atoms with Crippen LogP contribution in [0.25, 0.3) is 0 Å². The Hall–Kier alpha value is -0.870. The van der Waals surface area contributed by atoms with Gasteiger partial charge in [0.05, 0.1) is 12.4 Å². The van der Waals surface area contributed by atoms with E-state index in [4.69, 9.17) is 16.3 Å². The van der Waals surface area contributed by atoms with Crippen LogP contribution >= 0.6 is 11.6 Å². The predicted molar refractivity (Wildman–Crippen MR) is 48.9 cm³/mol. The van der Waals surface area contributed by atoms with E-state index in [0.29, 0.717) is 11.0 Å². The Kier molecular flexibility index (Phi) is 2.61. The normalized spacial score (nSPS) is 21.8. The van der Waals surface area contributed by atoms with Crippen LogP contribution in [0.5, 0.6) is 5.88 Å². The summed E-state index contributed by atoms with van der Waals surface area (Å²) in [5.74, 6) is 0.501. The molecule has 0 saturated carbocycles. The number of rotatable bonds is 2. The Labute approximate surface area is 81.3 Å². The van der Waals surface area contributed by atoms with Crippen LogP contribution in [0.2, 0.25) is 5.15 Å². The lowest BCUT2D eigenvalue weighted by Gasteiger charge is -2.10. The third-order valence-corrected chi connectivity index (χ3v) is 2.07. The average molecular weight is 200 g/mol. The minimum Gasteiger partial charge on any atom is -0.472 e. The molecule has 1 fully saturated rings. The number of hydrogen-bond acceptors (Lipinski definition) is 4. The summed E-state index contributed by atoms with van der Waals surface area (Å²) in [7, 11) is 0. The summed E-state index contributed by atoms with van der Waals surface area (Å²) in [6.07, 6.45) is 4.27. The van der Waals surface area contributed by atoms with Crippen LogP contribution in [0.3, 0.4) is 0 Å². The van der Waals surface area contributed by atoms with Gasteiger partial charge in [-0.3, -0.25) is 4.98 Å². The first-order valence-corrected chi connectivity index (χ1v) is 4.57. The third kappa shape index (κ3) is 2.29. The van der Waals surface area contributed by atoms with Gasteiger partial charge in [-0.25, -0.2) is 0 Å². The molecule has 1 aliphatic rings. The zero-order chi connectivity index (χ0) is 9.10. The number of nitrogens with zero attached hydrogens (tertiary/aromatic N) is 2. The van der Waals surface area contributed by atoms with E-state index in [0.717, 1.165) is 19.5 Å². The minimum absolute atomic E-state index is 0.202. The van der Waals surface area contributed by atoms with Crippen LogP contribution in [0.1, 0.15) is 6.42 Å². The van der Waals surface area contributed by atoms with Crippen LogP contribution in [-0.4, -0.2) is 29.2 Å². The Balaban J connectivity index is 2.00. The topological polar surface area (TPSA) is 47.0 Å². The Morgan fingerprint density at radius 2 is 2.46 bits per heavy atom. The zero-order valence-electron chi connectivity index (χ0n) is 7.03. The minimum atomic E-state index is 0.202. The molecule has 13 heavy (non-hydrogen) atoms. The van der Waals surface area contributed by atoms with Gasteiger partial charge in [0.2, 0.25) is 5.88 Å². The van der Waals surface area contributed by atoms with Gasteiger partial charge in [-0.1, -0.05) is 11.6 Å². The van der Waals surface area contributed by atoms with E-state index in [1.54, 1.807) is 6.20 Å². The molecule has 1 aromatic heterocycles. The maximum Gasteiger partial charge on any atom is 0.234 e. The second-order valence-corrected chi connectivity index (χ2v) is 3.30. The molecule has 0 radical (unpaired) electrons. The maximum absolute atomic E-state index is 5.66.